The number of benzene rings is 4. The number of hydrogen-bond donors (Lipinski definition) is 0. The van der Waals surface area contributed by atoms with E-state index in [0.717, 1.165) is 0 Å². The summed E-state index contributed by atoms with van der Waals surface area (Å²) in [6.45, 7) is 0. The largest absolute Gasteiger partial charge is 0.693 e. The molecule has 0 aromatic heterocycles. The Morgan fingerprint density at radius 1 is 0.500 bits per heavy atom. The van der Waals surface area contributed by atoms with Gasteiger partial charge in [0.05, 0.1) is 0 Å². The van der Waals surface area contributed by atoms with Crippen LogP contribution >= 0.6 is 35.2 Å². The van der Waals surface area contributed by atoms with Gasteiger partial charge in [-0.2, -0.15) is 0 Å². The number of nitrogens with two attached hydrogens (primary N) is 3. The Morgan fingerprint density at radius 3 is 1.06 bits per heavy atom. The first-order valence-electron chi connectivity index (χ1n) is 9.57. The fourth-order valence-electron chi connectivity index (χ4n) is 3.04. The van der Waals surface area contributed by atoms with Gasteiger partial charge >= 0.3 is 34.5 Å². The first kappa shape index (κ1) is 32.6. The van der Waals surface area contributed by atoms with E-state index in [-0.39, 0.29) is 33.6 Å². The van der Waals surface area contributed by atoms with Gasteiger partial charge in [0.2, 0.25) is 0 Å². The molecule has 0 saturated heterocycles. The second-order valence-corrected chi connectivity index (χ2v) is 13.0. The summed E-state index contributed by atoms with van der Waals surface area (Å²) in [5.74, 6) is 6.14. The minimum absolute atomic E-state index is 0. The molecule has 0 atom stereocenters. The van der Waals surface area contributed by atoms with Gasteiger partial charge in [-0.25, -0.2) is 13.7 Å². The molecule has 4 aromatic rings. The molecule has 0 heterocycles. The maximum absolute atomic E-state index is 4.85. The summed E-state index contributed by atoms with van der Waals surface area (Å²) in [4.78, 5) is 0. The van der Waals surface area contributed by atoms with E-state index < -0.39 is 15.8 Å². The second kappa shape index (κ2) is 18.8. The Bertz CT molecular complexity index is 881. The van der Waals surface area contributed by atoms with Gasteiger partial charge in [-0.3, -0.25) is 0 Å². The van der Waals surface area contributed by atoms with Crippen LogP contribution in [0.1, 0.15) is 0 Å². The van der Waals surface area contributed by atoms with Crippen LogP contribution in [0.3, 0.4) is 0 Å². The molecule has 0 spiro atoms. The van der Waals surface area contributed by atoms with Gasteiger partial charge in [0.15, 0.2) is 0 Å². The van der Waals surface area contributed by atoms with E-state index in [1.54, 1.807) is 0 Å². The molecular weight excluding hydrogens is 588 g/mol. The molecule has 0 saturated carbocycles. The van der Waals surface area contributed by atoms with Crippen molar-refractivity contribution < 1.29 is 15.1 Å². The van der Waals surface area contributed by atoms with Gasteiger partial charge in [-0.1, -0.05) is 129 Å². The minimum atomic E-state index is -0.653. The summed E-state index contributed by atoms with van der Waals surface area (Å²) in [5.41, 5.74) is 0. The van der Waals surface area contributed by atoms with Crippen molar-refractivity contribution in [3.63, 3.8) is 0 Å². The van der Waals surface area contributed by atoms with E-state index in [0.29, 0.717) is 0 Å². The first-order chi connectivity index (χ1) is 15.3. The summed E-state index contributed by atoms with van der Waals surface area (Å²) in [7, 11) is 8.47. The smallest absolute Gasteiger partial charge is 0.693 e. The predicted molar refractivity (Wildman–Crippen MR) is 154 cm³/mol. The Labute approximate surface area is 221 Å². The SMILES string of the molecule is [C-](=CP(c1ccccc1)c1ccccc1)P(c1ccccc1)c1ccccc1.[Cl][Ru][Cl].[NH2-].[NH2-].[NH2-]. The second-order valence-electron chi connectivity index (χ2n) is 6.36. The number of hydrogen-bond acceptors (Lipinski definition) is 0. The molecule has 0 fully saturated rings. The third kappa shape index (κ3) is 10.0. The zero-order valence-electron chi connectivity index (χ0n) is 18.4. The third-order valence-corrected chi connectivity index (χ3v) is 8.73. The van der Waals surface area contributed by atoms with Gasteiger partial charge in [0.25, 0.3) is 0 Å². The van der Waals surface area contributed by atoms with Gasteiger partial charge in [0, 0.05) is 0 Å². The summed E-state index contributed by atoms with van der Waals surface area (Å²) < 4.78 is 0. The molecule has 0 aliphatic heterocycles. The average molecular weight is 615 g/mol. The fourth-order valence-corrected chi connectivity index (χ4v) is 7.09. The van der Waals surface area contributed by atoms with E-state index in [2.05, 4.69) is 133 Å². The van der Waals surface area contributed by atoms with Gasteiger partial charge in [0.1, 0.15) is 0 Å². The van der Waals surface area contributed by atoms with Crippen molar-refractivity contribution in [2.24, 2.45) is 0 Å². The van der Waals surface area contributed by atoms with Gasteiger partial charge < -0.3 is 24.3 Å². The first-order valence-corrected chi connectivity index (χ1v) is 16.8. The monoisotopic (exact) mass is 615 g/mol. The standard InChI is InChI=1S/C26H21P2.2ClH.3H2N.Ru/c1-5-13-23(14-6-1)27(24-15-7-2-8-16-24)21-22-28(25-17-9-3-10-18-25)26-19-11-4-12-20-26;;;;;;/h1-21H;2*1H;3*1H2;/q-1;;;3*-1;+2/p-2. The van der Waals surface area contributed by atoms with E-state index in [1.807, 2.05) is 0 Å². The quantitative estimate of drug-likeness (QED) is 0.117. The van der Waals surface area contributed by atoms with Crippen LogP contribution in [0.25, 0.3) is 18.5 Å². The molecule has 6 N–H and O–H groups in total. The molecule has 0 amide bonds. The molecule has 0 aliphatic carbocycles. The molecule has 8 heteroatoms. The Kier molecular flexibility index (Phi) is 18.0. The normalized spacial score (nSPS) is 10.0. The van der Waals surface area contributed by atoms with Crippen molar-refractivity contribution in [2.75, 3.05) is 0 Å². The topological polar surface area (TPSA) is 100 Å². The van der Waals surface area contributed by atoms with Crippen LogP contribution in [0.4, 0.5) is 0 Å². The van der Waals surface area contributed by atoms with Crippen molar-refractivity contribution in [2.45, 2.75) is 0 Å². The molecule has 0 unspecified atom stereocenters. The molecule has 0 bridgehead atoms. The molecule has 3 nitrogen and oxygen atoms in total. The molecule has 182 valence electrons. The fraction of sp³-hybridized carbons (Fsp3) is 0. The Hall–Kier alpha value is -1.44. The molecule has 34 heavy (non-hydrogen) atoms. The van der Waals surface area contributed by atoms with Crippen molar-refractivity contribution >= 4 is 56.4 Å². The Balaban J connectivity index is 0.00000173. The zero-order valence-corrected chi connectivity index (χ0v) is 23.4. The summed E-state index contributed by atoms with van der Waals surface area (Å²) in [5, 5.41) is 5.37. The van der Waals surface area contributed by atoms with E-state index in [1.165, 1.54) is 21.2 Å². The van der Waals surface area contributed by atoms with Crippen molar-refractivity contribution in [1.82, 2.24) is 0 Å². The molecule has 0 aliphatic rings. The van der Waals surface area contributed by atoms with Gasteiger partial charge in [-0.05, 0) is 21.2 Å². The van der Waals surface area contributed by atoms with Crippen molar-refractivity contribution in [1.29, 1.82) is 0 Å². The van der Waals surface area contributed by atoms with Crippen LogP contribution in [0, 0.1) is 5.82 Å². The maximum atomic E-state index is 4.85. The van der Waals surface area contributed by atoms with E-state index >= 15 is 0 Å². The van der Waals surface area contributed by atoms with Crippen LogP contribution in [-0.2, 0) is 15.1 Å². The maximum Gasteiger partial charge on any atom is -0.693 e. The van der Waals surface area contributed by atoms with E-state index in [9.17, 15) is 0 Å². The Morgan fingerprint density at radius 2 is 0.765 bits per heavy atom. The molecule has 4 aromatic carbocycles. The van der Waals surface area contributed by atoms with Crippen LogP contribution in [0.2, 0.25) is 0 Å². The number of rotatable bonds is 6. The van der Waals surface area contributed by atoms with Crippen molar-refractivity contribution in [3.05, 3.63) is 151 Å². The molecule has 4 rings (SSSR count). The van der Waals surface area contributed by atoms with Crippen LogP contribution in [0.15, 0.2) is 127 Å². The van der Waals surface area contributed by atoms with Crippen LogP contribution < -0.4 is 21.2 Å². The third-order valence-electron chi connectivity index (χ3n) is 4.41. The number of halogens is 2. The average Bonchev–Trinajstić information content (AvgIpc) is 2.85. The summed E-state index contributed by atoms with van der Waals surface area (Å²) in [6.07, 6.45) is 0. The molecule has 0 radical (unpaired) electrons. The van der Waals surface area contributed by atoms with Crippen molar-refractivity contribution in [3.8, 4) is 0 Å². The minimum Gasteiger partial charge on any atom is -0.693 e. The summed E-state index contributed by atoms with van der Waals surface area (Å²) >= 11 is -0.346. The van der Waals surface area contributed by atoms with Gasteiger partial charge in [-0.15, -0.1) is 0 Å². The summed E-state index contributed by atoms with van der Waals surface area (Å²) in [6, 6.07) is 43.0. The zero-order chi connectivity index (χ0) is 21.7. The van der Waals surface area contributed by atoms with Crippen LogP contribution in [-0.4, -0.2) is 0 Å². The van der Waals surface area contributed by atoms with Crippen LogP contribution in [0.5, 0.6) is 0 Å². The predicted octanol–water partition coefficient (Wildman–Crippen LogP) is 9.05. The van der Waals surface area contributed by atoms with E-state index in [4.69, 9.17) is 19.4 Å². The molecular formula is C26H27Cl2N3P2Ru-4.